The van der Waals surface area contributed by atoms with E-state index in [2.05, 4.69) is 92.0 Å². The second-order valence-corrected chi connectivity index (χ2v) is 9.12. The lowest BCUT2D eigenvalue weighted by Crippen LogP contribution is -2.49. The molecular formula is C21H34N6. The molecule has 148 valence electrons. The van der Waals surface area contributed by atoms with Gasteiger partial charge in [-0.05, 0) is 68.2 Å². The van der Waals surface area contributed by atoms with Crippen LogP contribution in [-0.4, -0.2) is 51.3 Å². The van der Waals surface area contributed by atoms with Gasteiger partial charge in [0.2, 0.25) is 0 Å². The van der Waals surface area contributed by atoms with E-state index >= 15 is 0 Å². The Morgan fingerprint density at radius 1 is 1.00 bits per heavy atom. The second kappa shape index (κ2) is 7.58. The van der Waals surface area contributed by atoms with Crippen LogP contribution in [0.5, 0.6) is 0 Å². The Morgan fingerprint density at radius 2 is 1.67 bits per heavy atom. The molecule has 0 spiro atoms. The summed E-state index contributed by atoms with van der Waals surface area (Å²) in [5, 5.41) is 12.7. The van der Waals surface area contributed by atoms with Crippen molar-refractivity contribution in [3.63, 3.8) is 0 Å². The first-order chi connectivity index (χ1) is 12.7. The van der Waals surface area contributed by atoms with Gasteiger partial charge in [0.25, 0.3) is 0 Å². The van der Waals surface area contributed by atoms with E-state index in [4.69, 9.17) is 0 Å². The van der Waals surface area contributed by atoms with Crippen LogP contribution in [0.25, 0.3) is 0 Å². The molecule has 0 bridgehead atoms. The van der Waals surface area contributed by atoms with Gasteiger partial charge in [-0.3, -0.25) is 4.90 Å². The van der Waals surface area contributed by atoms with E-state index in [1.165, 1.54) is 16.8 Å². The average Bonchev–Trinajstić information content (AvgIpc) is 3.07. The standard InChI is InChI=1S/C21H34N6/c1-15(2)19(20-22-23-24-27(20)21(5,6)7)26-12-10-25(11-13-26)18-14-16(3)8-9-17(18)4/h8-9,14-15,19H,10-13H2,1-7H3/t19-/m1/s1. The van der Waals surface area contributed by atoms with Gasteiger partial charge in [0.05, 0.1) is 11.6 Å². The molecule has 3 rings (SSSR count). The van der Waals surface area contributed by atoms with Gasteiger partial charge in [0.1, 0.15) is 0 Å². The van der Waals surface area contributed by atoms with Gasteiger partial charge < -0.3 is 4.90 Å². The Balaban J connectivity index is 1.79. The minimum atomic E-state index is -0.119. The molecule has 0 N–H and O–H groups in total. The summed E-state index contributed by atoms with van der Waals surface area (Å²) in [6.07, 6.45) is 0. The quantitative estimate of drug-likeness (QED) is 0.823. The zero-order chi connectivity index (χ0) is 19.8. The molecule has 0 unspecified atom stereocenters. The molecule has 0 amide bonds. The molecule has 6 heteroatoms. The third-order valence-corrected chi connectivity index (χ3v) is 5.44. The van der Waals surface area contributed by atoms with Crippen LogP contribution in [0, 0.1) is 19.8 Å². The summed E-state index contributed by atoms with van der Waals surface area (Å²) in [6, 6.07) is 6.96. The molecule has 1 fully saturated rings. The summed E-state index contributed by atoms with van der Waals surface area (Å²) >= 11 is 0. The summed E-state index contributed by atoms with van der Waals surface area (Å²) < 4.78 is 1.99. The van der Waals surface area contributed by atoms with Crippen molar-refractivity contribution in [3.8, 4) is 0 Å². The summed E-state index contributed by atoms with van der Waals surface area (Å²) in [5.74, 6) is 1.43. The van der Waals surface area contributed by atoms with Crippen molar-refractivity contribution in [2.24, 2.45) is 5.92 Å². The monoisotopic (exact) mass is 370 g/mol. The van der Waals surface area contributed by atoms with Crippen LogP contribution >= 0.6 is 0 Å². The van der Waals surface area contributed by atoms with Crippen LogP contribution in [0.2, 0.25) is 0 Å². The lowest BCUT2D eigenvalue weighted by molar-refractivity contribution is 0.128. The van der Waals surface area contributed by atoms with E-state index in [0.717, 1.165) is 32.0 Å². The summed E-state index contributed by atoms with van der Waals surface area (Å²) in [7, 11) is 0. The van der Waals surface area contributed by atoms with Gasteiger partial charge in [-0.2, -0.15) is 0 Å². The fraction of sp³-hybridized carbons (Fsp3) is 0.667. The minimum absolute atomic E-state index is 0.119. The Kier molecular flexibility index (Phi) is 5.56. The van der Waals surface area contributed by atoms with Crippen molar-refractivity contribution in [2.75, 3.05) is 31.1 Å². The van der Waals surface area contributed by atoms with Crippen LogP contribution < -0.4 is 4.90 Å². The van der Waals surface area contributed by atoms with Crippen molar-refractivity contribution in [1.82, 2.24) is 25.1 Å². The number of hydrogen-bond acceptors (Lipinski definition) is 5. The molecule has 6 nitrogen and oxygen atoms in total. The highest BCUT2D eigenvalue weighted by Gasteiger charge is 2.34. The third kappa shape index (κ3) is 4.15. The average molecular weight is 371 g/mol. The predicted molar refractivity (Wildman–Crippen MR) is 110 cm³/mol. The van der Waals surface area contributed by atoms with E-state index in [1.807, 2.05) is 4.68 Å². The van der Waals surface area contributed by atoms with Crippen molar-refractivity contribution >= 4 is 5.69 Å². The Morgan fingerprint density at radius 3 is 2.26 bits per heavy atom. The SMILES string of the molecule is Cc1ccc(C)c(N2CCN([C@@H](c3nnnn3C(C)(C)C)C(C)C)CC2)c1. The smallest absolute Gasteiger partial charge is 0.169 e. The van der Waals surface area contributed by atoms with Crippen molar-refractivity contribution in [3.05, 3.63) is 35.2 Å². The molecule has 1 aromatic heterocycles. The highest BCUT2D eigenvalue weighted by molar-refractivity contribution is 5.55. The number of aryl methyl sites for hydroxylation is 2. The first-order valence-corrected chi connectivity index (χ1v) is 10.0. The summed E-state index contributed by atoms with van der Waals surface area (Å²) in [5.41, 5.74) is 3.93. The van der Waals surface area contributed by atoms with Crippen LogP contribution in [-0.2, 0) is 5.54 Å². The molecule has 0 aliphatic carbocycles. The molecule has 27 heavy (non-hydrogen) atoms. The normalized spacial score (nSPS) is 17.6. The topological polar surface area (TPSA) is 50.1 Å². The fourth-order valence-corrected chi connectivity index (χ4v) is 4.04. The Labute approximate surface area is 163 Å². The predicted octanol–water partition coefficient (Wildman–Crippen LogP) is 3.56. The zero-order valence-corrected chi connectivity index (χ0v) is 17.9. The maximum atomic E-state index is 4.43. The first kappa shape index (κ1) is 19.8. The lowest BCUT2D eigenvalue weighted by Gasteiger charge is -2.42. The highest BCUT2D eigenvalue weighted by atomic mass is 15.6. The number of aromatic nitrogens is 4. The number of anilines is 1. The summed E-state index contributed by atoms with van der Waals surface area (Å²) in [6.45, 7) is 19.5. The molecule has 1 atom stereocenters. The molecule has 2 aromatic rings. The van der Waals surface area contributed by atoms with Crippen molar-refractivity contribution < 1.29 is 0 Å². The maximum absolute atomic E-state index is 4.43. The number of piperazine rings is 1. The number of nitrogens with zero attached hydrogens (tertiary/aromatic N) is 6. The van der Waals surface area contributed by atoms with Crippen molar-refractivity contribution in [1.29, 1.82) is 0 Å². The van der Waals surface area contributed by atoms with Gasteiger partial charge in [-0.1, -0.05) is 26.0 Å². The summed E-state index contributed by atoms with van der Waals surface area (Å²) in [4.78, 5) is 5.07. The van der Waals surface area contributed by atoms with Crippen LogP contribution in [0.4, 0.5) is 5.69 Å². The van der Waals surface area contributed by atoms with Gasteiger partial charge in [-0.15, -0.1) is 5.10 Å². The van der Waals surface area contributed by atoms with Gasteiger partial charge in [0.15, 0.2) is 5.82 Å². The molecule has 1 aromatic carbocycles. The van der Waals surface area contributed by atoms with E-state index in [1.54, 1.807) is 0 Å². The number of rotatable bonds is 4. The Hall–Kier alpha value is -1.95. The molecule has 1 aliphatic heterocycles. The van der Waals surface area contributed by atoms with E-state index in [9.17, 15) is 0 Å². The number of benzene rings is 1. The highest BCUT2D eigenvalue weighted by Crippen LogP contribution is 2.31. The molecule has 1 aliphatic rings. The van der Waals surface area contributed by atoms with E-state index in [0.29, 0.717) is 5.92 Å². The number of tetrazole rings is 1. The van der Waals surface area contributed by atoms with Gasteiger partial charge in [0, 0.05) is 31.9 Å². The zero-order valence-electron chi connectivity index (χ0n) is 17.9. The molecule has 0 saturated carbocycles. The van der Waals surface area contributed by atoms with Crippen LogP contribution in [0.3, 0.4) is 0 Å². The van der Waals surface area contributed by atoms with Gasteiger partial charge in [-0.25, -0.2) is 4.68 Å². The maximum Gasteiger partial charge on any atom is 0.169 e. The largest absolute Gasteiger partial charge is 0.369 e. The van der Waals surface area contributed by atoms with E-state index in [-0.39, 0.29) is 11.6 Å². The fourth-order valence-electron chi connectivity index (χ4n) is 4.04. The Bertz CT molecular complexity index is 765. The minimum Gasteiger partial charge on any atom is -0.369 e. The van der Waals surface area contributed by atoms with E-state index < -0.39 is 0 Å². The molecule has 1 saturated heterocycles. The van der Waals surface area contributed by atoms with Gasteiger partial charge >= 0.3 is 0 Å². The lowest BCUT2D eigenvalue weighted by atomic mass is 9.99. The molecular weight excluding hydrogens is 336 g/mol. The molecule has 2 heterocycles. The third-order valence-electron chi connectivity index (χ3n) is 5.44. The van der Waals surface area contributed by atoms with Crippen LogP contribution in [0.1, 0.15) is 57.6 Å². The van der Waals surface area contributed by atoms with Crippen LogP contribution in [0.15, 0.2) is 18.2 Å². The first-order valence-electron chi connectivity index (χ1n) is 10.0. The molecule has 0 radical (unpaired) electrons. The second-order valence-electron chi connectivity index (χ2n) is 9.12. The number of hydrogen-bond donors (Lipinski definition) is 0. The van der Waals surface area contributed by atoms with Crippen molar-refractivity contribution in [2.45, 2.75) is 60.0 Å².